The molecule has 0 saturated carbocycles. The minimum Gasteiger partial charge on any atom is -0.361 e. The minimum absolute atomic E-state index is 0.166. The third-order valence-electron chi connectivity index (χ3n) is 3.25. The lowest BCUT2D eigenvalue weighted by Crippen LogP contribution is -2.23. The molecule has 3 aromatic rings. The van der Waals surface area contributed by atoms with Crippen molar-refractivity contribution in [2.75, 3.05) is 5.32 Å². The van der Waals surface area contributed by atoms with E-state index in [2.05, 4.69) is 26.2 Å². The summed E-state index contributed by atoms with van der Waals surface area (Å²) < 4.78 is 2.55. The van der Waals surface area contributed by atoms with Gasteiger partial charge in [-0.3, -0.25) is 9.36 Å². The van der Waals surface area contributed by atoms with Gasteiger partial charge in [0.1, 0.15) is 0 Å². The number of anilines is 1. The predicted molar refractivity (Wildman–Crippen MR) is 91.3 cm³/mol. The van der Waals surface area contributed by atoms with Crippen LogP contribution in [0.3, 0.4) is 0 Å². The number of hydrogen-bond donors (Lipinski definition) is 1. The third kappa shape index (κ3) is 3.26. The molecular weight excluding hydrogens is 342 g/mol. The summed E-state index contributed by atoms with van der Waals surface area (Å²) in [6.45, 7) is 0.563. The Morgan fingerprint density at radius 3 is 2.50 bits per heavy atom. The number of rotatable bonds is 4. The quantitative estimate of drug-likeness (QED) is 0.777. The van der Waals surface area contributed by atoms with E-state index in [1.165, 1.54) is 0 Å². The van der Waals surface area contributed by atoms with Crippen LogP contribution in [-0.4, -0.2) is 9.55 Å². The van der Waals surface area contributed by atoms with E-state index in [-0.39, 0.29) is 5.56 Å². The highest BCUT2D eigenvalue weighted by molar-refractivity contribution is 9.10. The van der Waals surface area contributed by atoms with Gasteiger partial charge in [-0.1, -0.05) is 46.3 Å². The van der Waals surface area contributed by atoms with Crippen molar-refractivity contribution in [3.05, 3.63) is 87.4 Å². The first-order valence-corrected chi connectivity index (χ1v) is 7.65. The second-order valence-corrected chi connectivity index (χ2v) is 5.68. The molecule has 22 heavy (non-hydrogen) atoms. The van der Waals surface area contributed by atoms with Crippen LogP contribution in [0.4, 0.5) is 5.82 Å². The Balaban J connectivity index is 1.86. The van der Waals surface area contributed by atoms with Crippen molar-refractivity contribution in [1.82, 2.24) is 9.55 Å². The van der Waals surface area contributed by atoms with Crippen LogP contribution < -0.4 is 10.9 Å². The van der Waals surface area contributed by atoms with Crippen LogP contribution >= 0.6 is 15.9 Å². The van der Waals surface area contributed by atoms with Gasteiger partial charge in [0.05, 0.1) is 0 Å². The fourth-order valence-corrected chi connectivity index (χ4v) is 2.38. The molecule has 1 aromatic heterocycles. The average Bonchev–Trinajstić information content (AvgIpc) is 2.56. The van der Waals surface area contributed by atoms with Crippen LogP contribution in [0.5, 0.6) is 0 Å². The van der Waals surface area contributed by atoms with E-state index >= 15 is 0 Å². The number of nitrogens with one attached hydrogen (secondary N) is 1. The second-order valence-electron chi connectivity index (χ2n) is 4.77. The minimum atomic E-state index is -0.166. The summed E-state index contributed by atoms with van der Waals surface area (Å²) in [5, 5.41) is 3.10. The average molecular weight is 356 g/mol. The first-order chi connectivity index (χ1) is 10.7. The SMILES string of the molecule is O=c1c(NCc2ccccc2)nccn1-c1ccc(Br)cc1. The summed E-state index contributed by atoms with van der Waals surface area (Å²) in [5.74, 6) is 0.342. The first kappa shape index (κ1) is 14.5. The van der Waals surface area contributed by atoms with Gasteiger partial charge in [-0.05, 0) is 29.8 Å². The zero-order valence-electron chi connectivity index (χ0n) is 11.7. The number of hydrogen-bond acceptors (Lipinski definition) is 3. The summed E-state index contributed by atoms with van der Waals surface area (Å²) in [4.78, 5) is 16.6. The number of halogens is 1. The van der Waals surface area contributed by atoms with Crippen molar-refractivity contribution in [3.63, 3.8) is 0 Å². The van der Waals surface area contributed by atoms with Gasteiger partial charge in [-0.25, -0.2) is 4.98 Å². The highest BCUT2D eigenvalue weighted by Gasteiger charge is 2.06. The molecule has 3 rings (SSSR count). The van der Waals surface area contributed by atoms with E-state index in [1.807, 2.05) is 54.6 Å². The molecule has 0 aliphatic carbocycles. The topological polar surface area (TPSA) is 46.9 Å². The standard InChI is InChI=1S/C17H14BrN3O/c18-14-6-8-15(9-7-14)21-11-10-19-16(17(21)22)20-12-13-4-2-1-3-5-13/h1-11H,12H2,(H,19,20). The lowest BCUT2D eigenvalue weighted by molar-refractivity contribution is 0.944. The molecule has 0 saturated heterocycles. The Morgan fingerprint density at radius 2 is 1.77 bits per heavy atom. The van der Waals surface area contributed by atoms with Crippen molar-refractivity contribution in [1.29, 1.82) is 0 Å². The molecule has 1 heterocycles. The molecule has 4 nitrogen and oxygen atoms in total. The van der Waals surface area contributed by atoms with Crippen LogP contribution in [0.15, 0.2) is 76.3 Å². The van der Waals surface area contributed by atoms with Gasteiger partial charge in [0.2, 0.25) is 0 Å². The summed E-state index contributed by atoms with van der Waals surface area (Å²) >= 11 is 3.39. The molecule has 1 N–H and O–H groups in total. The summed E-state index contributed by atoms with van der Waals surface area (Å²) in [6.07, 6.45) is 3.29. The largest absolute Gasteiger partial charge is 0.361 e. The van der Waals surface area contributed by atoms with Crippen LogP contribution in [0.25, 0.3) is 5.69 Å². The van der Waals surface area contributed by atoms with E-state index in [4.69, 9.17) is 0 Å². The fourth-order valence-electron chi connectivity index (χ4n) is 2.12. The highest BCUT2D eigenvalue weighted by atomic mass is 79.9. The Labute approximate surface area is 136 Å². The number of aromatic nitrogens is 2. The van der Waals surface area contributed by atoms with Gasteiger partial charge in [0, 0.05) is 29.1 Å². The van der Waals surface area contributed by atoms with Crippen molar-refractivity contribution in [2.45, 2.75) is 6.54 Å². The Hall–Kier alpha value is -2.40. The van der Waals surface area contributed by atoms with Gasteiger partial charge in [0.25, 0.3) is 5.56 Å². The maximum Gasteiger partial charge on any atom is 0.297 e. The van der Waals surface area contributed by atoms with Crippen LogP contribution in [0.2, 0.25) is 0 Å². The smallest absolute Gasteiger partial charge is 0.297 e. The first-order valence-electron chi connectivity index (χ1n) is 6.85. The van der Waals surface area contributed by atoms with Crippen molar-refractivity contribution < 1.29 is 0 Å². The van der Waals surface area contributed by atoms with Gasteiger partial charge in [-0.2, -0.15) is 0 Å². The molecular formula is C17H14BrN3O. The maximum absolute atomic E-state index is 12.5. The van der Waals surface area contributed by atoms with E-state index < -0.39 is 0 Å². The Bertz CT molecular complexity index is 813. The van der Waals surface area contributed by atoms with Gasteiger partial charge < -0.3 is 5.32 Å². The third-order valence-corrected chi connectivity index (χ3v) is 3.78. The molecule has 0 atom stereocenters. The predicted octanol–water partition coefficient (Wildman–Crippen LogP) is 3.61. The molecule has 0 amide bonds. The molecule has 0 bridgehead atoms. The molecule has 2 aromatic carbocycles. The van der Waals surface area contributed by atoms with E-state index in [9.17, 15) is 4.79 Å². The van der Waals surface area contributed by atoms with E-state index in [1.54, 1.807) is 17.0 Å². The summed E-state index contributed by atoms with van der Waals surface area (Å²) in [7, 11) is 0. The molecule has 0 spiro atoms. The van der Waals surface area contributed by atoms with E-state index in [0.717, 1.165) is 15.7 Å². The number of nitrogens with zero attached hydrogens (tertiary/aromatic N) is 2. The fraction of sp³-hybridized carbons (Fsp3) is 0.0588. The highest BCUT2D eigenvalue weighted by Crippen LogP contribution is 2.13. The lowest BCUT2D eigenvalue weighted by atomic mass is 10.2. The molecule has 0 radical (unpaired) electrons. The van der Waals surface area contributed by atoms with Crippen molar-refractivity contribution >= 4 is 21.7 Å². The van der Waals surface area contributed by atoms with Gasteiger partial charge in [-0.15, -0.1) is 0 Å². The molecule has 0 aliphatic heterocycles. The van der Waals surface area contributed by atoms with Crippen molar-refractivity contribution in [2.24, 2.45) is 0 Å². The summed E-state index contributed by atoms with van der Waals surface area (Å²) in [5.41, 5.74) is 1.74. The van der Waals surface area contributed by atoms with Gasteiger partial charge in [0.15, 0.2) is 5.82 Å². The van der Waals surface area contributed by atoms with Crippen LogP contribution in [-0.2, 0) is 6.54 Å². The van der Waals surface area contributed by atoms with Crippen LogP contribution in [0, 0.1) is 0 Å². The lowest BCUT2D eigenvalue weighted by Gasteiger charge is -2.09. The van der Waals surface area contributed by atoms with Crippen molar-refractivity contribution in [3.8, 4) is 5.69 Å². The molecule has 0 aliphatic rings. The monoisotopic (exact) mass is 355 g/mol. The Kier molecular flexibility index (Phi) is 4.34. The molecule has 0 fully saturated rings. The molecule has 110 valence electrons. The molecule has 5 heteroatoms. The zero-order chi connectivity index (χ0) is 15.4. The zero-order valence-corrected chi connectivity index (χ0v) is 13.3. The molecule has 0 unspecified atom stereocenters. The second kappa shape index (κ2) is 6.58. The van der Waals surface area contributed by atoms with Gasteiger partial charge >= 0.3 is 0 Å². The summed E-state index contributed by atoms with van der Waals surface area (Å²) in [6, 6.07) is 17.5. The Morgan fingerprint density at radius 1 is 1.05 bits per heavy atom. The maximum atomic E-state index is 12.5. The number of benzene rings is 2. The normalized spacial score (nSPS) is 10.4. The van der Waals surface area contributed by atoms with Crippen LogP contribution in [0.1, 0.15) is 5.56 Å². The van der Waals surface area contributed by atoms with E-state index in [0.29, 0.717) is 12.4 Å².